The Hall–Kier alpha value is -3.57. The van der Waals surface area contributed by atoms with Gasteiger partial charge in [-0.15, -0.1) is 0 Å². The Bertz CT molecular complexity index is 1720. The molecule has 1 heterocycles. The van der Waals surface area contributed by atoms with E-state index >= 15 is 0 Å². The van der Waals surface area contributed by atoms with Crippen LogP contribution >= 0.6 is 23.2 Å². The first-order valence-electron chi connectivity index (χ1n) is 12.5. The van der Waals surface area contributed by atoms with E-state index < -0.39 is 10.0 Å². The molecule has 0 amide bonds. The largest absolute Gasteiger partial charge is 0.268 e. The third kappa shape index (κ3) is 5.60. The third-order valence-corrected chi connectivity index (χ3v) is 8.94. The van der Waals surface area contributed by atoms with E-state index in [-0.39, 0.29) is 4.90 Å². The fraction of sp³-hybridized carbons (Fsp3) is 0.0909. The highest BCUT2D eigenvalue weighted by molar-refractivity contribution is 7.90. The summed E-state index contributed by atoms with van der Waals surface area (Å²) >= 11 is 12.4. The standard InChI is InChI=1S/C33H27Cl2NO2S/c1-22-4-8-27(9-5-22)33-20-24(3)32(36(33)39(37,38)30-18-6-23(2)7-19-30)21-31(25-10-14-28(34)15-11-25)26-12-16-29(35)17-13-26/h4-21H,1-3H3. The van der Waals surface area contributed by atoms with Crippen LogP contribution in [0.3, 0.4) is 0 Å². The summed E-state index contributed by atoms with van der Waals surface area (Å²) in [7, 11) is -3.95. The van der Waals surface area contributed by atoms with Crippen molar-refractivity contribution in [3.63, 3.8) is 0 Å². The van der Waals surface area contributed by atoms with Gasteiger partial charge >= 0.3 is 0 Å². The van der Waals surface area contributed by atoms with Gasteiger partial charge in [-0.1, -0.05) is 95.0 Å². The van der Waals surface area contributed by atoms with Crippen molar-refractivity contribution in [3.8, 4) is 11.3 Å². The van der Waals surface area contributed by atoms with Crippen LogP contribution in [0.1, 0.15) is 33.5 Å². The van der Waals surface area contributed by atoms with E-state index in [4.69, 9.17) is 23.2 Å². The molecule has 0 aliphatic rings. The Morgan fingerprint density at radius 3 is 1.62 bits per heavy atom. The predicted molar refractivity (Wildman–Crippen MR) is 163 cm³/mol. The van der Waals surface area contributed by atoms with Gasteiger partial charge in [-0.05, 0) is 97.1 Å². The predicted octanol–water partition coefficient (Wildman–Crippen LogP) is 9.21. The molecule has 0 spiro atoms. The molecule has 0 saturated carbocycles. The Balaban J connectivity index is 1.82. The van der Waals surface area contributed by atoms with E-state index in [0.717, 1.165) is 39.0 Å². The van der Waals surface area contributed by atoms with Crippen LogP contribution in [-0.4, -0.2) is 12.4 Å². The molecule has 5 aromatic rings. The van der Waals surface area contributed by atoms with E-state index in [1.165, 1.54) is 3.97 Å². The van der Waals surface area contributed by atoms with E-state index in [1.54, 1.807) is 12.1 Å². The fourth-order valence-corrected chi connectivity index (χ4v) is 6.34. The number of rotatable bonds is 6. The maximum atomic E-state index is 14.3. The molecular weight excluding hydrogens is 545 g/mol. The van der Waals surface area contributed by atoms with Gasteiger partial charge in [-0.2, -0.15) is 0 Å². The minimum atomic E-state index is -3.95. The molecule has 0 unspecified atom stereocenters. The molecule has 39 heavy (non-hydrogen) atoms. The summed E-state index contributed by atoms with van der Waals surface area (Å²) in [6.45, 7) is 5.88. The molecule has 0 bridgehead atoms. The molecule has 0 aliphatic heterocycles. The highest BCUT2D eigenvalue weighted by Crippen LogP contribution is 2.35. The normalized spacial score (nSPS) is 11.4. The second-order valence-electron chi connectivity index (χ2n) is 9.62. The van der Waals surface area contributed by atoms with Crippen LogP contribution < -0.4 is 0 Å². The molecule has 0 atom stereocenters. The molecule has 0 N–H and O–H groups in total. The lowest BCUT2D eigenvalue weighted by Gasteiger charge is -2.16. The Morgan fingerprint density at radius 2 is 1.13 bits per heavy atom. The number of aromatic nitrogens is 1. The number of halogens is 2. The number of hydrogen-bond acceptors (Lipinski definition) is 2. The molecule has 196 valence electrons. The number of benzene rings is 4. The minimum absolute atomic E-state index is 0.228. The van der Waals surface area contributed by atoms with Gasteiger partial charge in [0.15, 0.2) is 0 Å². The van der Waals surface area contributed by atoms with E-state index in [9.17, 15) is 8.42 Å². The van der Waals surface area contributed by atoms with Crippen molar-refractivity contribution in [3.05, 3.63) is 147 Å². The fourth-order valence-electron chi connectivity index (χ4n) is 4.53. The van der Waals surface area contributed by atoms with Crippen LogP contribution in [0.5, 0.6) is 0 Å². The topological polar surface area (TPSA) is 39.1 Å². The molecule has 5 rings (SSSR count). The summed E-state index contributed by atoms with van der Waals surface area (Å²) in [5, 5.41) is 1.25. The molecule has 3 nitrogen and oxygen atoms in total. The summed E-state index contributed by atoms with van der Waals surface area (Å²) < 4.78 is 30.0. The zero-order chi connectivity index (χ0) is 27.7. The van der Waals surface area contributed by atoms with E-state index in [1.807, 2.05) is 118 Å². The molecule has 4 aromatic carbocycles. The summed E-state index contributed by atoms with van der Waals surface area (Å²) in [5.74, 6) is 0. The summed E-state index contributed by atoms with van der Waals surface area (Å²) in [6.07, 6.45) is 1.94. The van der Waals surface area contributed by atoms with Crippen molar-refractivity contribution < 1.29 is 8.42 Å². The molecular formula is C33H27Cl2NO2S. The van der Waals surface area contributed by atoms with E-state index in [2.05, 4.69) is 0 Å². The van der Waals surface area contributed by atoms with Gasteiger partial charge < -0.3 is 0 Å². The van der Waals surface area contributed by atoms with Crippen molar-refractivity contribution in [2.24, 2.45) is 0 Å². The average Bonchev–Trinajstić information content (AvgIpc) is 3.25. The first-order valence-corrected chi connectivity index (χ1v) is 14.7. The second-order valence-corrected chi connectivity index (χ2v) is 12.3. The third-order valence-electron chi connectivity index (χ3n) is 6.69. The zero-order valence-corrected chi connectivity index (χ0v) is 24.1. The molecule has 0 fully saturated rings. The van der Waals surface area contributed by atoms with Gasteiger partial charge in [0.1, 0.15) is 0 Å². The van der Waals surface area contributed by atoms with Gasteiger partial charge in [0.2, 0.25) is 0 Å². The highest BCUT2D eigenvalue weighted by Gasteiger charge is 2.26. The van der Waals surface area contributed by atoms with Crippen LogP contribution in [0.4, 0.5) is 0 Å². The van der Waals surface area contributed by atoms with Crippen molar-refractivity contribution >= 4 is 44.9 Å². The zero-order valence-electron chi connectivity index (χ0n) is 21.8. The second kappa shape index (κ2) is 10.9. The summed E-state index contributed by atoms with van der Waals surface area (Å²) in [4.78, 5) is 0.228. The Kier molecular flexibility index (Phi) is 7.55. The average molecular weight is 573 g/mol. The maximum absolute atomic E-state index is 14.3. The molecule has 0 saturated heterocycles. The SMILES string of the molecule is Cc1ccc(-c2cc(C)c(C=C(c3ccc(Cl)cc3)c3ccc(Cl)cc3)n2S(=O)(=O)c2ccc(C)cc2)cc1. The summed E-state index contributed by atoms with van der Waals surface area (Å²) in [5.41, 5.74) is 7.57. The molecule has 0 radical (unpaired) electrons. The van der Waals surface area contributed by atoms with Crippen LogP contribution in [0.15, 0.2) is 108 Å². The quantitative estimate of drug-likeness (QED) is 0.204. The molecule has 0 aliphatic carbocycles. The Morgan fingerprint density at radius 1 is 0.667 bits per heavy atom. The number of nitrogens with zero attached hydrogens (tertiary/aromatic N) is 1. The first-order chi connectivity index (χ1) is 18.6. The van der Waals surface area contributed by atoms with Crippen molar-refractivity contribution in [2.75, 3.05) is 0 Å². The van der Waals surface area contributed by atoms with Gasteiger partial charge in [-0.3, -0.25) is 0 Å². The maximum Gasteiger partial charge on any atom is 0.268 e. The number of hydrogen-bond donors (Lipinski definition) is 0. The Labute approximate surface area is 240 Å². The lowest BCUT2D eigenvalue weighted by Crippen LogP contribution is -2.16. The monoisotopic (exact) mass is 571 g/mol. The van der Waals surface area contributed by atoms with Crippen molar-refractivity contribution in [2.45, 2.75) is 25.7 Å². The number of aryl methyl sites for hydroxylation is 3. The van der Waals surface area contributed by atoms with Crippen molar-refractivity contribution in [1.82, 2.24) is 3.97 Å². The van der Waals surface area contributed by atoms with Crippen LogP contribution in [-0.2, 0) is 10.0 Å². The first kappa shape index (κ1) is 27.0. The molecule has 6 heteroatoms. The molecule has 1 aromatic heterocycles. The van der Waals surface area contributed by atoms with Crippen LogP contribution in [0.2, 0.25) is 10.0 Å². The smallest absolute Gasteiger partial charge is 0.234 e. The van der Waals surface area contributed by atoms with Crippen molar-refractivity contribution in [1.29, 1.82) is 0 Å². The van der Waals surface area contributed by atoms with Crippen LogP contribution in [0, 0.1) is 20.8 Å². The van der Waals surface area contributed by atoms with Gasteiger partial charge in [0, 0.05) is 10.0 Å². The minimum Gasteiger partial charge on any atom is -0.234 e. The van der Waals surface area contributed by atoms with Gasteiger partial charge in [0.05, 0.1) is 16.3 Å². The lowest BCUT2D eigenvalue weighted by molar-refractivity contribution is 0.587. The van der Waals surface area contributed by atoms with Gasteiger partial charge in [0.25, 0.3) is 10.0 Å². The van der Waals surface area contributed by atoms with E-state index in [0.29, 0.717) is 21.4 Å². The lowest BCUT2D eigenvalue weighted by atomic mass is 9.96. The highest BCUT2D eigenvalue weighted by atomic mass is 35.5. The summed E-state index contributed by atoms with van der Waals surface area (Å²) in [6, 6.07) is 31.8. The van der Waals surface area contributed by atoms with Crippen LogP contribution in [0.25, 0.3) is 22.9 Å². The van der Waals surface area contributed by atoms with Gasteiger partial charge in [-0.25, -0.2) is 12.4 Å².